The number of nitrogens with zero attached hydrogens (tertiary/aromatic N) is 3. The number of aliphatic hydroxyl groups is 1. The zero-order chi connectivity index (χ0) is 28.7. The molecule has 0 aliphatic carbocycles. The predicted molar refractivity (Wildman–Crippen MR) is 156 cm³/mol. The molecule has 1 aliphatic rings. The van der Waals surface area contributed by atoms with Gasteiger partial charge in [-0.05, 0) is 42.3 Å². The fraction of sp³-hybridized carbons (Fsp3) is 0.133. The number of furan rings is 1. The molecule has 41 heavy (non-hydrogen) atoms. The van der Waals surface area contributed by atoms with Gasteiger partial charge in [0.05, 0.1) is 18.7 Å². The normalized spacial score (nSPS) is 15.2. The lowest BCUT2D eigenvalue weighted by atomic mass is 9.95. The van der Waals surface area contributed by atoms with Crippen LogP contribution in [0.2, 0.25) is 0 Å². The van der Waals surface area contributed by atoms with Crippen molar-refractivity contribution in [3.05, 3.63) is 107 Å². The molecule has 3 heterocycles. The highest BCUT2D eigenvalue weighted by Crippen LogP contribution is 2.45. The number of para-hydroxylation sites is 1. The second-order valence-corrected chi connectivity index (χ2v) is 11.6. The average Bonchev–Trinajstić information content (AvgIpc) is 3.69. The number of aromatic nitrogens is 2. The van der Waals surface area contributed by atoms with E-state index in [1.807, 2.05) is 31.2 Å². The first-order chi connectivity index (χ1) is 19.8. The van der Waals surface area contributed by atoms with Crippen molar-refractivity contribution in [1.82, 2.24) is 10.2 Å². The van der Waals surface area contributed by atoms with Gasteiger partial charge in [0.25, 0.3) is 5.91 Å². The van der Waals surface area contributed by atoms with Crippen LogP contribution < -0.4 is 9.64 Å². The van der Waals surface area contributed by atoms with Crippen LogP contribution in [0.3, 0.4) is 0 Å². The molecule has 9 nitrogen and oxygen atoms in total. The van der Waals surface area contributed by atoms with E-state index in [2.05, 4.69) is 10.2 Å². The Balaban J connectivity index is 1.37. The van der Waals surface area contributed by atoms with E-state index in [4.69, 9.17) is 9.15 Å². The zero-order valence-electron chi connectivity index (χ0n) is 21.9. The zero-order valence-corrected chi connectivity index (χ0v) is 23.5. The van der Waals surface area contributed by atoms with Gasteiger partial charge in [-0.1, -0.05) is 77.2 Å². The van der Waals surface area contributed by atoms with Gasteiger partial charge in [0.15, 0.2) is 27.2 Å². The number of phenolic OH excluding ortho intramolecular Hbond substituents is 1. The lowest BCUT2D eigenvalue weighted by molar-refractivity contribution is -0.117. The van der Waals surface area contributed by atoms with Crippen LogP contribution in [0.5, 0.6) is 11.5 Å². The first-order valence-corrected chi connectivity index (χ1v) is 14.3. The van der Waals surface area contributed by atoms with Crippen LogP contribution in [0.1, 0.15) is 33.3 Å². The van der Waals surface area contributed by atoms with Gasteiger partial charge in [0.1, 0.15) is 5.75 Å². The molecule has 1 unspecified atom stereocenters. The van der Waals surface area contributed by atoms with Crippen LogP contribution in [-0.4, -0.2) is 39.2 Å². The Morgan fingerprint density at radius 1 is 1.07 bits per heavy atom. The number of phenols is 1. The number of thioether (sulfide) groups is 1. The number of ether oxygens (including phenoxy) is 1. The fourth-order valence-corrected chi connectivity index (χ4v) is 6.50. The standard InChI is InChI=1S/C30H23N3O6S2/c1-16-9-11-17(12-10-16)15-40-30-32-31-29(41-30)33-24(18-5-3-7-20(34)13-18)23(26(36)28(33)37)25(35)22-14-19-6-4-8-21(38-2)27(19)39-22/h3-14,24,34,36H,15H2,1-2H3. The molecule has 206 valence electrons. The van der Waals surface area contributed by atoms with Gasteiger partial charge >= 0.3 is 0 Å². The van der Waals surface area contributed by atoms with Gasteiger partial charge in [0, 0.05) is 11.1 Å². The third-order valence-electron chi connectivity index (χ3n) is 6.68. The number of anilines is 1. The van der Waals surface area contributed by atoms with E-state index in [-0.39, 0.29) is 22.2 Å². The monoisotopic (exact) mass is 585 g/mol. The molecular weight excluding hydrogens is 562 g/mol. The Morgan fingerprint density at radius 2 is 1.85 bits per heavy atom. The third-order valence-corrected chi connectivity index (χ3v) is 8.80. The Bertz CT molecular complexity index is 1830. The summed E-state index contributed by atoms with van der Waals surface area (Å²) in [5.74, 6) is -1.24. The van der Waals surface area contributed by atoms with Crippen LogP contribution >= 0.6 is 23.1 Å². The van der Waals surface area contributed by atoms with E-state index in [0.717, 1.165) is 5.56 Å². The van der Waals surface area contributed by atoms with Crippen LogP contribution in [0.15, 0.2) is 92.9 Å². The number of aromatic hydroxyl groups is 1. The van der Waals surface area contributed by atoms with Crippen molar-refractivity contribution in [3.8, 4) is 11.5 Å². The molecule has 1 amide bonds. The maximum Gasteiger partial charge on any atom is 0.296 e. The summed E-state index contributed by atoms with van der Waals surface area (Å²) in [6, 6.07) is 20.0. The molecule has 3 aromatic carbocycles. The molecule has 0 saturated carbocycles. The van der Waals surface area contributed by atoms with Gasteiger partial charge in [-0.2, -0.15) is 0 Å². The summed E-state index contributed by atoms with van der Waals surface area (Å²) in [5, 5.41) is 30.6. The number of hydrogen-bond donors (Lipinski definition) is 2. The van der Waals surface area contributed by atoms with Crippen LogP contribution in [0, 0.1) is 6.92 Å². The van der Waals surface area contributed by atoms with Gasteiger partial charge in [-0.25, -0.2) is 0 Å². The third kappa shape index (κ3) is 4.94. The summed E-state index contributed by atoms with van der Waals surface area (Å²) in [7, 11) is 1.49. The number of hydrogen-bond acceptors (Lipinski definition) is 10. The highest BCUT2D eigenvalue weighted by molar-refractivity contribution is 8.00. The molecule has 0 fully saturated rings. The number of carbonyl (C=O) groups excluding carboxylic acids is 2. The lowest BCUT2D eigenvalue weighted by Crippen LogP contribution is -2.31. The number of aliphatic hydroxyl groups excluding tert-OH is 1. The summed E-state index contributed by atoms with van der Waals surface area (Å²) in [4.78, 5) is 28.6. The molecule has 5 aromatic rings. The first-order valence-electron chi connectivity index (χ1n) is 12.5. The number of carbonyl (C=O) groups is 2. The van der Waals surface area contributed by atoms with Gasteiger partial charge in [-0.15, -0.1) is 10.2 Å². The molecule has 2 N–H and O–H groups in total. The Morgan fingerprint density at radius 3 is 2.61 bits per heavy atom. The molecule has 6 rings (SSSR count). The van der Waals surface area contributed by atoms with Crippen LogP contribution in [0.4, 0.5) is 5.13 Å². The van der Waals surface area contributed by atoms with Crippen molar-refractivity contribution < 1.29 is 29.0 Å². The van der Waals surface area contributed by atoms with Crippen molar-refractivity contribution in [1.29, 1.82) is 0 Å². The highest BCUT2D eigenvalue weighted by atomic mass is 32.2. The molecule has 1 atom stereocenters. The van der Waals surface area contributed by atoms with Crippen molar-refractivity contribution in [2.45, 2.75) is 23.1 Å². The van der Waals surface area contributed by atoms with Gasteiger partial charge < -0.3 is 19.4 Å². The summed E-state index contributed by atoms with van der Waals surface area (Å²) < 4.78 is 11.8. The second kappa shape index (κ2) is 10.8. The molecule has 0 radical (unpaired) electrons. The van der Waals surface area contributed by atoms with Crippen molar-refractivity contribution in [2.75, 3.05) is 12.0 Å². The van der Waals surface area contributed by atoms with Crippen LogP contribution in [0.25, 0.3) is 11.0 Å². The fourth-order valence-electron chi connectivity index (χ4n) is 4.67. The Kier molecular flexibility index (Phi) is 6.98. The Labute approximate surface area is 242 Å². The number of rotatable bonds is 8. The molecule has 0 saturated heterocycles. The Hall–Kier alpha value is -4.61. The molecule has 0 spiro atoms. The largest absolute Gasteiger partial charge is 0.508 e. The van der Waals surface area contributed by atoms with Crippen molar-refractivity contribution >= 4 is 50.9 Å². The SMILES string of the molecule is COc1cccc2cc(C(=O)C3=C(O)C(=O)N(c4nnc(SCc5ccc(C)cc5)s4)C3c3cccc(O)c3)oc12. The van der Waals surface area contributed by atoms with Crippen molar-refractivity contribution in [2.24, 2.45) is 0 Å². The lowest BCUT2D eigenvalue weighted by Gasteiger charge is -2.23. The minimum atomic E-state index is -1.08. The topological polar surface area (TPSA) is 126 Å². The maximum atomic E-state index is 13.9. The molecule has 0 bridgehead atoms. The quantitative estimate of drug-likeness (QED) is 0.121. The van der Waals surface area contributed by atoms with E-state index in [9.17, 15) is 19.8 Å². The minimum Gasteiger partial charge on any atom is -0.508 e. The molecular formula is C30H23N3O6S2. The minimum absolute atomic E-state index is 0.0619. The number of ketones is 1. The van der Waals surface area contributed by atoms with Gasteiger partial charge in [-0.3, -0.25) is 14.5 Å². The van der Waals surface area contributed by atoms with E-state index < -0.39 is 23.5 Å². The maximum absolute atomic E-state index is 13.9. The second-order valence-electron chi connectivity index (χ2n) is 9.38. The summed E-state index contributed by atoms with van der Waals surface area (Å²) in [6.45, 7) is 2.03. The molecule has 1 aliphatic heterocycles. The van der Waals surface area contributed by atoms with Crippen molar-refractivity contribution in [3.63, 3.8) is 0 Å². The van der Waals surface area contributed by atoms with Gasteiger partial charge in [0.2, 0.25) is 10.9 Å². The molecule has 11 heteroatoms. The average molecular weight is 586 g/mol. The summed E-state index contributed by atoms with van der Waals surface area (Å²) in [6.07, 6.45) is 0. The number of fused-ring (bicyclic) bond motifs is 1. The van der Waals surface area contributed by atoms with E-state index >= 15 is 0 Å². The summed E-state index contributed by atoms with van der Waals surface area (Å²) in [5.41, 5.74) is 2.86. The number of amides is 1. The number of aryl methyl sites for hydroxylation is 1. The number of Topliss-reactive ketones (excluding diaryl/α,β-unsaturated/α-hetero) is 1. The smallest absolute Gasteiger partial charge is 0.296 e. The number of benzene rings is 3. The first kappa shape index (κ1) is 26.6. The van der Waals surface area contributed by atoms with Crippen LogP contribution in [-0.2, 0) is 10.5 Å². The van der Waals surface area contributed by atoms with E-state index in [0.29, 0.717) is 32.4 Å². The van der Waals surface area contributed by atoms with E-state index in [1.54, 1.807) is 30.3 Å². The highest BCUT2D eigenvalue weighted by Gasteiger charge is 2.47. The predicted octanol–water partition coefficient (Wildman–Crippen LogP) is 6.38. The molecule has 2 aromatic heterocycles. The summed E-state index contributed by atoms with van der Waals surface area (Å²) >= 11 is 2.64. The van der Waals surface area contributed by atoms with E-state index in [1.165, 1.54) is 58.9 Å². The number of methoxy groups -OCH3 is 1.